The van der Waals surface area contributed by atoms with Crippen molar-refractivity contribution in [3.05, 3.63) is 23.8 Å². The van der Waals surface area contributed by atoms with Gasteiger partial charge < -0.3 is 14.2 Å². The van der Waals surface area contributed by atoms with Gasteiger partial charge in [-0.15, -0.1) is 0 Å². The summed E-state index contributed by atoms with van der Waals surface area (Å²) in [4.78, 5) is 18.5. The lowest BCUT2D eigenvalue weighted by atomic mass is 9.69. The van der Waals surface area contributed by atoms with Gasteiger partial charge in [0.1, 0.15) is 6.17 Å². The SMILES string of the molecule is CC1(C)OB(c2ccc3c(c2)N(C2CC(N4CC[C@@H](F)C4)C2)C(=O)C32CCCCC2)OC1(C)C. The molecule has 0 radical (unpaired) electrons. The lowest BCUT2D eigenvalue weighted by Crippen LogP contribution is -2.56. The summed E-state index contributed by atoms with van der Waals surface area (Å²) in [6.45, 7) is 9.69. The van der Waals surface area contributed by atoms with Gasteiger partial charge in [-0.25, -0.2) is 4.39 Å². The molecule has 4 fully saturated rings. The molecule has 6 rings (SSSR count). The van der Waals surface area contributed by atoms with Crippen molar-refractivity contribution < 1.29 is 18.5 Å². The van der Waals surface area contributed by atoms with E-state index in [0.717, 1.165) is 56.2 Å². The van der Waals surface area contributed by atoms with Crippen molar-refractivity contribution >= 4 is 24.2 Å². The number of hydrogen-bond donors (Lipinski definition) is 0. The Balaban J connectivity index is 1.31. The number of nitrogens with zero attached hydrogens (tertiary/aromatic N) is 2. The average molecular weight is 468 g/mol. The number of fused-ring (bicyclic) bond motifs is 2. The summed E-state index contributed by atoms with van der Waals surface area (Å²) >= 11 is 0. The van der Waals surface area contributed by atoms with E-state index >= 15 is 0 Å². The fourth-order valence-electron chi connectivity index (χ4n) is 6.88. The molecule has 184 valence electrons. The number of hydrogen-bond acceptors (Lipinski definition) is 4. The Kier molecular flexibility index (Phi) is 5.26. The van der Waals surface area contributed by atoms with Gasteiger partial charge in [-0.1, -0.05) is 31.4 Å². The highest BCUT2D eigenvalue weighted by molar-refractivity contribution is 6.62. The van der Waals surface area contributed by atoms with Gasteiger partial charge in [0, 0.05) is 30.9 Å². The number of likely N-dealkylation sites (tertiary alicyclic amines) is 1. The zero-order chi connectivity index (χ0) is 23.9. The zero-order valence-electron chi connectivity index (χ0n) is 21.1. The van der Waals surface area contributed by atoms with Gasteiger partial charge in [0.2, 0.25) is 5.91 Å². The lowest BCUT2D eigenvalue weighted by molar-refractivity contribution is -0.125. The Hall–Kier alpha value is -1.44. The Bertz CT molecular complexity index is 970. The molecule has 1 aromatic rings. The first-order valence-electron chi connectivity index (χ1n) is 13.3. The van der Waals surface area contributed by atoms with E-state index in [0.29, 0.717) is 24.9 Å². The molecular formula is C27H38BFN2O3. The number of halogens is 1. The maximum absolute atomic E-state index is 14.1. The van der Waals surface area contributed by atoms with Crippen molar-refractivity contribution in [3.63, 3.8) is 0 Å². The second kappa shape index (κ2) is 7.78. The third-order valence-corrected chi connectivity index (χ3v) is 9.79. The molecule has 2 saturated carbocycles. The van der Waals surface area contributed by atoms with Crippen molar-refractivity contribution in [1.29, 1.82) is 0 Å². The standard InChI is InChI=1S/C27H38BFN2O3/c1-25(2)26(3,4)34-28(33-25)18-8-9-22-23(14-18)31(24(32)27(22)11-6-5-7-12-27)21-15-20(16-21)30-13-10-19(29)17-30/h8-9,14,19-21H,5-7,10-13,15-17H2,1-4H3/t19-,20?,21?/m1/s1. The minimum absolute atomic E-state index is 0.199. The number of rotatable bonds is 3. The molecule has 2 saturated heterocycles. The van der Waals surface area contributed by atoms with Gasteiger partial charge in [-0.3, -0.25) is 9.69 Å². The van der Waals surface area contributed by atoms with Gasteiger partial charge in [-0.05, 0) is 76.9 Å². The van der Waals surface area contributed by atoms with Gasteiger partial charge in [-0.2, -0.15) is 0 Å². The Morgan fingerprint density at radius 3 is 2.29 bits per heavy atom. The van der Waals surface area contributed by atoms with Crippen LogP contribution in [-0.4, -0.2) is 60.5 Å². The molecule has 7 heteroatoms. The average Bonchev–Trinajstić information content (AvgIpc) is 3.35. The van der Waals surface area contributed by atoms with Crippen LogP contribution in [0, 0.1) is 0 Å². The van der Waals surface area contributed by atoms with E-state index in [4.69, 9.17) is 9.31 Å². The van der Waals surface area contributed by atoms with Crippen molar-refractivity contribution in [1.82, 2.24) is 4.90 Å². The van der Waals surface area contributed by atoms with Crippen molar-refractivity contribution in [2.24, 2.45) is 0 Å². The molecule has 0 N–H and O–H groups in total. The molecule has 0 unspecified atom stereocenters. The highest BCUT2D eigenvalue weighted by atomic mass is 19.1. The molecule has 1 amide bonds. The molecule has 34 heavy (non-hydrogen) atoms. The molecule has 2 aliphatic carbocycles. The van der Waals surface area contributed by atoms with Crippen LogP contribution >= 0.6 is 0 Å². The number of carbonyl (C=O) groups excluding carboxylic acids is 1. The second-order valence-electron chi connectivity index (χ2n) is 12.3. The van der Waals surface area contributed by atoms with Crippen LogP contribution in [0.5, 0.6) is 0 Å². The topological polar surface area (TPSA) is 42.0 Å². The molecule has 1 aromatic carbocycles. The largest absolute Gasteiger partial charge is 0.494 e. The zero-order valence-corrected chi connectivity index (χ0v) is 21.1. The molecular weight excluding hydrogens is 430 g/mol. The molecule has 1 spiro atoms. The molecule has 5 aliphatic rings. The summed E-state index contributed by atoms with van der Waals surface area (Å²) in [5.74, 6) is 0.293. The predicted molar refractivity (Wildman–Crippen MR) is 132 cm³/mol. The van der Waals surface area contributed by atoms with Crippen LogP contribution in [0.1, 0.15) is 84.6 Å². The summed E-state index contributed by atoms with van der Waals surface area (Å²) in [5.41, 5.74) is 2.08. The van der Waals surface area contributed by atoms with Crippen LogP contribution in [-0.2, 0) is 19.5 Å². The molecule has 1 atom stereocenters. The lowest BCUT2D eigenvalue weighted by Gasteiger charge is -2.46. The van der Waals surface area contributed by atoms with Crippen LogP contribution in [0.4, 0.5) is 10.1 Å². The fourth-order valence-corrected chi connectivity index (χ4v) is 6.88. The fraction of sp³-hybridized carbons (Fsp3) is 0.741. The van der Waals surface area contributed by atoms with E-state index in [1.54, 1.807) is 0 Å². The van der Waals surface area contributed by atoms with Gasteiger partial charge in [0.15, 0.2) is 0 Å². The van der Waals surface area contributed by atoms with E-state index in [1.165, 1.54) is 12.0 Å². The molecule has 3 heterocycles. The summed E-state index contributed by atoms with van der Waals surface area (Å²) in [6.07, 6.45) is 7.14. The van der Waals surface area contributed by atoms with Gasteiger partial charge in [0.25, 0.3) is 0 Å². The minimum atomic E-state index is -0.693. The summed E-state index contributed by atoms with van der Waals surface area (Å²) in [7, 11) is -0.435. The van der Waals surface area contributed by atoms with E-state index in [-0.39, 0.29) is 11.5 Å². The first-order chi connectivity index (χ1) is 16.1. The molecule has 3 aliphatic heterocycles. The maximum Gasteiger partial charge on any atom is 0.494 e. The normalized spacial score (nSPS) is 34.0. The van der Waals surface area contributed by atoms with Crippen LogP contribution in [0.2, 0.25) is 0 Å². The van der Waals surface area contributed by atoms with E-state index in [2.05, 4.69) is 55.7 Å². The first-order valence-corrected chi connectivity index (χ1v) is 13.3. The third kappa shape index (κ3) is 3.33. The molecule has 0 aromatic heterocycles. The van der Waals surface area contributed by atoms with Crippen LogP contribution in [0.25, 0.3) is 0 Å². The summed E-state index contributed by atoms with van der Waals surface area (Å²) in [6, 6.07) is 7.06. The van der Waals surface area contributed by atoms with Crippen LogP contribution in [0.3, 0.4) is 0 Å². The Labute approximate surface area is 203 Å². The highest BCUT2D eigenvalue weighted by Crippen LogP contribution is 2.52. The van der Waals surface area contributed by atoms with Crippen molar-refractivity contribution in [2.45, 2.75) is 114 Å². The van der Waals surface area contributed by atoms with Crippen LogP contribution < -0.4 is 10.4 Å². The number of alkyl halides is 1. The van der Waals surface area contributed by atoms with E-state index in [1.807, 2.05) is 0 Å². The monoisotopic (exact) mass is 468 g/mol. The quantitative estimate of drug-likeness (QED) is 0.627. The minimum Gasteiger partial charge on any atom is -0.399 e. The van der Waals surface area contributed by atoms with Crippen molar-refractivity contribution in [2.75, 3.05) is 18.0 Å². The smallest absolute Gasteiger partial charge is 0.399 e. The maximum atomic E-state index is 14.1. The summed E-state index contributed by atoms with van der Waals surface area (Å²) < 4.78 is 26.4. The second-order valence-corrected chi connectivity index (χ2v) is 12.3. The van der Waals surface area contributed by atoms with E-state index < -0.39 is 24.5 Å². The van der Waals surface area contributed by atoms with Crippen molar-refractivity contribution in [3.8, 4) is 0 Å². The first kappa shape index (κ1) is 23.0. The summed E-state index contributed by atoms with van der Waals surface area (Å²) in [5, 5.41) is 0. The predicted octanol–water partition coefficient (Wildman–Crippen LogP) is 4.11. The number of benzene rings is 1. The third-order valence-electron chi connectivity index (χ3n) is 9.79. The number of anilines is 1. The Morgan fingerprint density at radius 2 is 1.68 bits per heavy atom. The van der Waals surface area contributed by atoms with Crippen LogP contribution in [0.15, 0.2) is 18.2 Å². The van der Waals surface area contributed by atoms with Gasteiger partial charge in [0.05, 0.1) is 16.6 Å². The Morgan fingerprint density at radius 1 is 1.00 bits per heavy atom. The molecule has 0 bridgehead atoms. The highest BCUT2D eigenvalue weighted by Gasteiger charge is 2.56. The number of amides is 1. The number of carbonyl (C=O) groups is 1. The molecule has 5 nitrogen and oxygen atoms in total. The van der Waals surface area contributed by atoms with Gasteiger partial charge >= 0.3 is 7.12 Å². The van der Waals surface area contributed by atoms with E-state index in [9.17, 15) is 9.18 Å².